The van der Waals surface area contributed by atoms with Gasteiger partial charge in [0.15, 0.2) is 5.96 Å². The molecule has 5 nitrogen and oxygen atoms in total. The number of likely N-dealkylation sites (tertiary alicyclic amines) is 1. The van der Waals surface area contributed by atoms with Crippen LogP contribution < -0.4 is 10.6 Å². The Morgan fingerprint density at radius 1 is 1.17 bits per heavy atom. The third-order valence-corrected chi connectivity index (χ3v) is 6.72. The van der Waals surface area contributed by atoms with Gasteiger partial charge in [-0.2, -0.15) is 0 Å². The van der Waals surface area contributed by atoms with Gasteiger partial charge in [0.25, 0.3) is 0 Å². The molecule has 0 bridgehead atoms. The molecule has 160 valence electrons. The molecule has 29 heavy (non-hydrogen) atoms. The zero-order chi connectivity index (χ0) is 20.7. The molecule has 1 aromatic carbocycles. The van der Waals surface area contributed by atoms with Crippen molar-refractivity contribution in [2.75, 3.05) is 26.7 Å². The van der Waals surface area contributed by atoms with Crippen LogP contribution in [0.15, 0.2) is 35.3 Å². The fourth-order valence-electron chi connectivity index (χ4n) is 4.42. The molecular formula is C24H38N4O. The zero-order valence-electron chi connectivity index (χ0n) is 18.4. The van der Waals surface area contributed by atoms with Crippen LogP contribution in [0.5, 0.6) is 0 Å². The van der Waals surface area contributed by atoms with Crippen molar-refractivity contribution in [2.45, 2.75) is 64.8 Å². The quantitative estimate of drug-likeness (QED) is 0.520. The van der Waals surface area contributed by atoms with Crippen molar-refractivity contribution in [3.63, 3.8) is 0 Å². The smallest absolute Gasteiger partial charge is 0.225 e. The Hall–Kier alpha value is -2.04. The van der Waals surface area contributed by atoms with Gasteiger partial charge in [0.2, 0.25) is 5.91 Å². The zero-order valence-corrected chi connectivity index (χ0v) is 18.4. The lowest BCUT2D eigenvalue weighted by molar-refractivity contribution is -0.136. The van der Waals surface area contributed by atoms with Crippen molar-refractivity contribution in [1.29, 1.82) is 0 Å². The predicted octanol–water partition coefficient (Wildman–Crippen LogP) is 3.60. The second kappa shape index (κ2) is 10.1. The third kappa shape index (κ3) is 5.97. The van der Waals surface area contributed by atoms with Crippen LogP contribution in [0.25, 0.3) is 0 Å². The number of nitrogens with zero attached hydrogens (tertiary/aromatic N) is 2. The standard InChI is InChI=1S/C24H38N4O/c1-4-20(5-2)22(29)28-15-11-21(12-16-28)27-23(25-3)26-18-24(13-14-24)17-19-9-7-6-8-10-19/h6-10,20-21H,4-5,11-18H2,1-3H3,(H2,25,26,27). The largest absolute Gasteiger partial charge is 0.356 e. The van der Waals surface area contributed by atoms with E-state index in [1.165, 1.54) is 18.4 Å². The molecule has 2 N–H and O–H groups in total. The van der Waals surface area contributed by atoms with Crippen molar-refractivity contribution in [1.82, 2.24) is 15.5 Å². The molecule has 0 unspecified atom stereocenters. The van der Waals surface area contributed by atoms with Gasteiger partial charge in [0.1, 0.15) is 0 Å². The summed E-state index contributed by atoms with van der Waals surface area (Å²) in [6, 6.07) is 11.2. The van der Waals surface area contributed by atoms with E-state index < -0.39 is 0 Å². The first-order valence-electron chi connectivity index (χ1n) is 11.4. The number of amides is 1. The summed E-state index contributed by atoms with van der Waals surface area (Å²) < 4.78 is 0. The van der Waals surface area contributed by atoms with E-state index in [0.29, 0.717) is 17.4 Å². The van der Waals surface area contributed by atoms with Crippen LogP contribution in [0, 0.1) is 11.3 Å². The average molecular weight is 399 g/mol. The van der Waals surface area contributed by atoms with Crippen molar-refractivity contribution in [3.05, 3.63) is 35.9 Å². The summed E-state index contributed by atoms with van der Waals surface area (Å²) in [6.45, 7) is 6.89. The van der Waals surface area contributed by atoms with Gasteiger partial charge in [-0.3, -0.25) is 9.79 Å². The maximum absolute atomic E-state index is 12.6. The first-order chi connectivity index (χ1) is 14.1. The molecule has 5 heteroatoms. The molecule has 1 heterocycles. The average Bonchev–Trinajstić information content (AvgIpc) is 3.52. The number of guanidine groups is 1. The summed E-state index contributed by atoms with van der Waals surface area (Å²) in [5.41, 5.74) is 1.80. The van der Waals surface area contributed by atoms with Crippen molar-refractivity contribution < 1.29 is 4.79 Å². The van der Waals surface area contributed by atoms with E-state index >= 15 is 0 Å². The van der Waals surface area contributed by atoms with Gasteiger partial charge in [-0.25, -0.2) is 0 Å². The van der Waals surface area contributed by atoms with Crippen LogP contribution in [0.4, 0.5) is 0 Å². The molecule has 0 atom stereocenters. The van der Waals surface area contributed by atoms with E-state index in [1.54, 1.807) is 0 Å². The molecular weight excluding hydrogens is 360 g/mol. The molecule has 0 radical (unpaired) electrons. The van der Waals surface area contributed by atoms with Crippen LogP contribution in [-0.2, 0) is 11.2 Å². The van der Waals surface area contributed by atoms with Crippen LogP contribution in [0.1, 0.15) is 57.9 Å². The molecule has 2 fully saturated rings. The number of aliphatic imine (C=N–C) groups is 1. The Labute approximate surface area is 176 Å². The van der Waals surface area contributed by atoms with Crippen LogP contribution in [0.3, 0.4) is 0 Å². The van der Waals surface area contributed by atoms with Crippen molar-refractivity contribution >= 4 is 11.9 Å². The molecule has 1 amide bonds. The summed E-state index contributed by atoms with van der Waals surface area (Å²) in [7, 11) is 1.85. The van der Waals surface area contributed by atoms with Gasteiger partial charge in [0, 0.05) is 38.6 Å². The highest BCUT2D eigenvalue weighted by molar-refractivity contribution is 5.80. The Morgan fingerprint density at radius 3 is 2.38 bits per heavy atom. The lowest BCUT2D eigenvalue weighted by atomic mass is 9.96. The highest BCUT2D eigenvalue weighted by Gasteiger charge is 2.42. The number of benzene rings is 1. The van der Waals surface area contributed by atoms with Gasteiger partial charge in [-0.1, -0.05) is 44.2 Å². The maximum Gasteiger partial charge on any atom is 0.225 e. The maximum atomic E-state index is 12.6. The summed E-state index contributed by atoms with van der Waals surface area (Å²) in [5, 5.41) is 7.16. The normalized spacial score (nSPS) is 19.3. The van der Waals surface area contributed by atoms with Gasteiger partial charge < -0.3 is 15.5 Å². The number of hydrogen-bond acceptors (Lipinski definition) is 2. The van der Waals surface area contributed by atoms with E-state index in [1.807, 2.05) is 7.05 Å². The van der Waals surface area contributed by atoms with E-state index in [4.69, 9.17) is 0 Å². The van der Waals surface area contributed by atoms with E-state index in [-0.39, 0.29) is 5.92 Å². The van der Waals surface area contributed by atoms with Gasteiger partial charge >= 0.3 is 0 Å². The summed E-state index contributed by atoms with van der Waals surface area (Å²) in [5.74, 6) is 1.43. The Balaban J connectivity index is 1.43. The molecule has 1 aromatic rings. The topological polar surface area (TPSA) is 56.7 Å². The minimum absolute atomic E-state index is 0.188. The minimum atomic E-state index is 0.188. The summed E-state index contributed by atoms with van der Waals surface area (Å²) in [4.78, 5) is 19.1. The predicted molar refractivity (Wildman–Crippen MR) is 120 cm³/mol. The molecule has 1 saturated heterocycles. The molecule has 0 aromatic heterocycles. The van der Waals surface area contributed by atoms with Crippen LogP contribution in [-0.4, -0.2) is 49.5 Å². The number of hydrogen-bond donors (Lipinski definition) is 2. The van der Waals surface area contributed by atoms with Crippen LogP contribution in [0.2, 0.25) is 0 Å². The van der Waals surface area contributed by atoms with E-state index in [0.717, 1.165) is 57.7 Å². The minimum Gasteiger partial charge on any atom is -0.356 e. The molecule has 1 aliphatic heterocycles. The number of rotatable bonds is 8. The Morgan fingerprint density at radius 2 is 1.83 bits per heavy atom. The van der Waals surface area contributed by atoms with Gasteiger partial charge in [0.05, 0.1) is 0 Å². The number of piperidine rings is 1. The first kappa shape index (κ1) is 21.7. The Kier molecular flexibility index (Phi) is 7.57. The third-order valence-electron chi connectivity index (χ3n) is 6.72. The molecule has 1 aliphatic carbocycles. The lowest BCUT2D eigenvalue weighted by Crippen LogP contribution is -2.51. The number of carbonyl (C=O) groups excluding carboxylic acids is 1. The highest BCUT2D eigenvalue weighted by atomic mass is 16.2. The first-order valence-corrected chi connectivity index (χ1v) is 11.4. The number of carbonyl (C=O) groups is 1. The number of nitrogens with one attached hydrogen (secondary N) is 2. The van der Waals surface area contributed by atoms with Crippen LogP contribution >= 0.6 is 0 Å². The highest BCUT2D eigenvalue weighted by Crippen LogP contribution is 2.47. The summed E-state index contributed by atoms with van der Waals surface area (Å²) in [6.07, 6.45) is 7.55. The molecule has 0 spiro atoms. The fraction of sp³-hybridized carbons (Fsp3) is 0.667. The van der Waals surface area contributed by atoms with Crippen molar-refractivity contribution in [3.8, 4) is 0 Å². The second-order valence-electron chi connectivity index (χ2n) is 8.85. The monoisotopic (exact) mass is 398 g/mol. The lowest BCUT2D eigenvalue weighted by Gasteiger charge is -2.35. The fourth-order valence-corrected chi connectivity index (χ4v) is 4.42. The molecule has 3 rings (SSSR count). The Bertz CT molecular complexity index is 671. The molecule has 1 saturated carbocycles. The van der Waals surface area contributed by atoms with E-state index in [2.05, 4.69) is 64.7 Å². The summed E-state index contributed by atoms with van der Waals surface area (Å²) >= 11 is 0. The van der Waals surface area contributed by atoms with E-state index in [9.17, 15) is 4.79 Å². The van der Waals surface area contributed by atoms with Gasteiger partial charge in [-0.05, 0) is 55.9 Å². The van der Waals surface area contributed by atoms with Crippen molar-refractivity contribution in [2.24, 2.45) is 16.3 Å². The van der Waals surface area contributed by atoms with Gasteiger partial charge in [-0.15, -0.1) is 0 Å². The molecule has 2 aliphatic rings. The second-order valence-corrected chi connectivity index (χ2v) is 8.85. The SMILES string of the molecule is CCC(CC)C(=O)N1CCC(NC(=NC)NCC2(Cc3ccccc3)CC2)CC1.